The molecule has 3 amide bonds. The third-order valence-corrected chi connectivity index (χ3v) is 2.99. The fourth-order valence-corrected chi connectivity index (χ4v) is 1.85. The van der Waals surface area contributed by atoms with Gasteiger partial charge in [-0.05, 0) is 24.6 Å². The predicted octanol–water partition coefficient (Wildman–Crippen LogP) is 2.09. The Bertz CT molecular complexity index is 459. The number of hydrogen-bond acceptors (Lipinski definition) is 2. The predicted molar refractivity (Wildman–Crippen MR) is 61.7 cm³/mol. The minimum absolute atomic E-state index is 0.235. The van der Waals surface area contributed by atoms with Crippen molar-refractivity contribution in [3.05, 3.63) is 28.8 Å². The summed E-state index contributed by atoms with van der Waals surface area (Å²) in [5.41, 5.74) is 1.59. The molecule has 1 saturated heterocycles. The molecule has 1 fully saturated rings. The molecule has 1 aromatic rings. The second kappa shape index (κ2) is 4.14. The van der Waals surface area contributed by atoms with Gasteiger partial charge in [0.1, 0.15) is 0 Å². The summed E-state index contributed by atoms with van der Waals surface area (Å²) < 4.78 is 0. The fourth-order valence-electron chi connectivity index (χ4n) is 1.68. The number of carbonyl (C=O) groups is 2. The Morgan fingerprint density at radius 2 is 2.12 bits per heavy atom. The van der Waals surface area contributed by atoms with Crippen molar-refractivity contribution in [3.8, 4) is 0 Å². The molecular weight excluding hydrogens is 228 g/mol. The van der Waals surface area contributed by atoms with Crippen LogP contribution >= 0.6 is 11.6 Å². The highest BCUT2D eigenvalue weighted by atomic mass is 35.5. The number of urea groups is 1. The maximum atomic E-state index is 11.6. The molecule has 1 aromatic carbocycles. The van der Waals surface area contributed by atoms with E-state index in [0.717, 1.165) is 11.3 Å². The van der Waals surface area contributed by atoms with Gasteiger partial charge < -0.3 is 0 Å². The number of amides is 3. The lowest BCUT2D eigenvalue weighted by atomic mass is 10.1. The van der Waals surface area contributed by atoms with Crippen molar-refractivity contribution in [1.82, 2.24) is 5.32 Å². The van der Waals surface area contributed by atoms with E-state index in [9.17, 15) is 9.59 Å². The van der Waals surface area contributed by atoms with Gasteiger partial charge >= 0.3 is 6.03 Å². The van der Waals surface area contributed by atoms with Crippen LogP contribution in [0.5, 0.6) is 0 Å². The van der Waals surface area contributed by atoms with Crippen LogP contribution in [0.2, 0.25) is 5.02 Å². The highest BCUT2D eigenvalue weighted by Crippen LogP contribution is 2.27. The summed E-state index contributed by atoms with van der Waals surface area (Å²) in [7, 11) is 0. The highest BCUT2D eigenvalue weighted by molar-refractivity contribution is 6.31. The molecule has 0 saturated carbocycles. The van der Waals surface area contributed by atoms with Crippen LogP contribution in [0.4, 0.5) is 10.5 Å². The molecule has 84 valence electrons. The zero-order valence-electron chi connectivity index (χ0n) is 8.79. The molecule has 0 aromatic heterocycles. The first-order valence-electron chi connectivity index (χ1n) is 4.96. The van der Waals surface area contributed by atoms with E-state index in [1.807, 2.05) is 13.0 Å². The summed E-state index contributed by atoms with van der Waals surface area (Å²) in [4.78, 5) is 24.2. The minimum Gasteiger partial charge on any atom is -0.293 e. The number of carbonyl (C=O) groups excluding carboxylic acids is 2. The second-order valence-corrected chi connectivity index (χ2v) is 4.05. The lowest BCUT2D eigenvalue weighted by Crippen LogP contribution is -2.49. The molecule has 2 rings (SSSR count). The molecule has 0 spiro atoms. The van der Waals surface area contributed by atoms with Gasteiger partial charge in [-0.2, -0.15) is 0 Å². The first kappa shape index (κ1) is 11.0. The van der Waals surface area contributed by atoms with E-state index in [0.29, 0.717) is 18.0 Å². The van der Waals surface area contributed by atoms with Crippen LogP contribution in [-0.2, 0) is 4.79 Å². The molecule has 5 heteroatoms. The number of anilines is 1. The summed E-state index contributed by atoms with van der Waals surface area (Å²) >= 11 is 5.98. The zero-order chi connectivity index (χ0) is 11.7. The Morgan fingerprint density at radius 1 is 1.38 bits per heavy atom. The lowest BCUT2D eigenvalue weighted by Gasteiger charge is -2.28. The molecule has 16 heavy (non-hydrogen) atoms. The molecule has 0 aliphatic carbocycles. The van der Waals surface area contributed by atoms with Crippen molar-refractivity contribution >= 4 is 29.2 Å². The second-order valence-electron chi connectivity index (χ2n) is 3.64. The van der Waals surface area contributed by atoms with Crippen LogP contribution in [0.3, 0.4) is 0 Å². The van der Waals surface area contributed by atoms with Crippen molar-refractivity contribution in [2.75, 3.05) is 11.4 Å². The Hall–Kier alpha value is -1.55. The Balaban J connectivity index is 2.34. The molecule has 4 nitrogen and oxygen atoms in total. The molecule has 1 aliphatic heterocycles. The number of rotatable bonds is 1. The first-order chi connectivity index (χ1) is 7.59. The number of hydrogen-bond donors (Lipinski definition) is 1. The van der Waals surface area contributed by atoms with E-state index in [1.165, 1.54) is 4.90 Å². The van der Waals surface area contributed by atoms with Crippen LogP contribution in [-0.4, -0.2) is 18.5 Å². The van der Waals surface area contributed by atoms with Gasteiger partial charge in [-0.15, -0.1) is 0 Å². The van der Waals surface area contributed by atoms with E-state index in [2.05, 4.69) is 5.32 Å². The third-order valence-electron chi connectivity index (χ3n) is 2.58. The van der Waals surface area contributed by atoms with E-state index >= 15 is 0 Å². The number of nitrogens with one attached hydrogen (secondary N) is 1. The van der Waals surface area contributed by atoms with Gasteiger partial charge in [0.25, 0.3) is 0 Å². The normalized spacial score (nSPS) is 16.2. The van der Waals surface area contributed by atoms with Gasteiger partial charge in [0, 0.05) is 23.7 Å². The van der Waals surface area contributed by atoms with Gasteiger partial charge in [0.15, 0.2) is 0 Å². The number of benzene rings is 1. The van der Waals surface area contributed by atoms with Crippen molar-refractivity contribution in [2.45, 2.75) is 13.3 Å². The average Bonchev–Trinajstić information content (AvgIpc) is 2.23. The topological polar surface area (TPSA) is 49.4 Å². The van der Waals surface area contributed by atoms with Gasteiger partial charge in [0.05, 0.1) is 0 Å². The molecule has 1 heterocycles. The molecule has 1 N–H and O–H groups in total. The zero-order valence-corrected chi connectivity index (χ0v) is 9.54. The van der Waals surface area contributed by atoms with E-state index in [-0.39, 0.29) is 11.9 Å². The fraction of sp³-hybridized carbons (Fsp3) is 0.273. The largest absolute Gasteiger partial charge is 0.328 e. The summed E-state index contributed by atoms with van der Waals surface area (Å²) in [6.07, 6.45) is 0.317. The van der Waals surface area contributed by atoms with Gasteiger partial charge in [0.2, 0.25) is 5.91 Å². The molecule has 0 bridgehead atoms. The number of halogens is 1. The van der Waals surface area contributed by atoms with Crippen molar-refractivity contribution in [2.24, 2.45) is 0 Å². The maximum Gasteiger partial charge on any atom is 0.328 e. The third kappa shape index (κ3) is 1.88. The number of imide groups is 1. The SMILES string of the molecule is Cc1c(Cl)cccc1N1CCC(=O)NC1=O. The lowest BCUT2D eigenvalue weighted by molar-refractivity contribution is -0.120. The Kier molecular flexibility index (Phi) is 2.83. The smallest absolute Gasteiger partial charge is 0.293 e. The molecule has 1 aliphatic rings. The maximum absolute atomic E-state index is 11.6. The van der Waals surface area contributed by atoms with E-state index in [1.54, 1.807) is 12.1 Å². The quantitative estimate of drug-likeness (QED) is 0.815. The van der Waals surface area contributed by atoms with Crippen molar-refractivity contribution in [1.29, 1.82) is 0 Å². The van der Waals surface area contributed by atoms with E-state index in [4.69, 9.17) is 11.6 Å². The Morgan fingerprint density at radius 3 is 2.81 bits per heavy atom. The summed E-state index contributed by atoms with van der Waals surface area (Å²) in [5.74, 6) is -0.235. The van der Waals surface area contributed by atoms with Gasteiger partial charge in [-0.25, -0.2) is 4.79 Å². The van der Waals surface area contributed by atoms with Gasteiger partial charge in [-0.3, -0.25) is 15.0 Å². The first-order valence-corrected chi connectivity index (χ1v) is 5.34. The van der Waals surface area contributed by atoms with Crippen molar-refractivity contribution in [3.63, 3.8) is 0 Å². The average molecular weight is 239 g/mol. The van der Waals surface area contributed by atoms with Gasteiger partial charge in [-0.1, -0.05) is 17.7 Å². The molecular formula is C11H11ClN2O2. The van der Waals surface area contributed by atoms with Crippen LogP contribution in [0.25, 0.3) is 0 Å². The summed E-state index contributed by atoms with van der Waals surface area (Å²) in [6, 6.07) is 4.99. The van der Waals surface area contributed by atoms with Crippen molar-refractivity contribution < 1.29 is 9.59 Å². The summed E-state index contributed by atoms with van der Waals surface area (Å²) in [6.45, 7) is 2.24. The van der Waals surface area contributed by atoms with E-state index < -0.39 is 0 Å². The molecule has 0 radical (unpaired) electrons. The minimum atomic E-state index is -0.387. The Labute approximate surface area is 98.2 Å². The number of nitrogens with zero attached hydrogens (tertiary/aromatic N) is 1. The highest BCUT2D eigenvalue weighted by Gasteiger charge is 2.25. The van der Waals surface area contributed by atoms with Crippen LogP contribution in [0.1, 0.15) is 12.0 Å². The van der Waals surface area contributed by atoms with Crippen LogP contribution < -0.4 is 10.2 Å². The molecule has 0 unspecified atom stereocenters. The molecule has 0 atom stereocenters. The standard InChI is InChI=1S/C11H11ClN2O2/c1-7-8(12)3-2-4-9(7)14-6-5-10(15)13-11(14)16/h2-4H,5-6H2,1H3,(H,13,15,16). The van der Waals surface area contributed by atoms with Crippen LogP contribution in [0.15, 0.2) is 18.2 Å². The monoisotopic (exact) mass is 238 g/mol. The summed E-state index contributed by atoms with van der Waals surface area (Å²) in [5, 5.41) is 2.89. The van der Waals surface area contributed by atoms with Crippen LogP contribution in [0, 0.1) is 6.92 Å².